The smallest absolute Gasteiger partial charge is 0.239 e. The second-order valence-electron chi connectivity index (χ2n) is 4.30. The molecule has 0 aromatic rings. The summed E-state index contributed by atoms with van der Waals surface area (Å²) < 4.78 is 0. The molecule has 0 aromatic carbocycles. The summed E-state index contributed by atoms with van der Waals surface area (Å²) in [6.45, 7) is 1.82. The average Bonchev–Trinajstić information content (AvgIpc) is 2.04. The summed E-state index contributed by atoms with van der Waals surface area (Å²) in [6.07, 6.45) is 5.08. The van der Waals surface area contributed by atoms with Gasteiger partial charge < -0.3 is 10.2 Å². The molecule has 0 spiro atoms. The molecule has 14 heavy (non-hydrogen) atoms. The highest BCUT2D eigenvalue weighted by molar-refractivity contribution is 5.85. The maximum Gasteiger partial charge on any atom is 0.239 e. The zero-order valence-electron chi connectivity index (χ0n) is 8.66. The van der Waals surface area contributed by atoms with E-state index in [9.17, 15) is 4.79 Å². The van der Waals surface area contributed by atoms with E-state index in [1.807, 2.05) is 11.9 Å². The van der Waals surface area contributed by atoms with Crippen LogP contribution in [0.1, 0.15) is 25.7 Å². The molecule has 0 radical (unpaired) electrons. The van der Waals surface area contributed by atoms with Gasteiger partial charge in [0.2, 0.25) is 5.91 Å². The fourth-order valence-corrected chi connectivity index (χ4v) is 2.12. The molecule has 1 aliphatic heterocycles. The van der Waals surface area contributed by atoms with Gasteiger partial charge in [-0.1, -0.05) is 19.3 Å². The number of piperazine rings is 1. The molecule has 4 heteroatoms. The van der Waals surface area contributed by atoms with Crippen molar-refractivity contribution in [1.29, 1.82) is 0 Å². The monoisotopic (exact) mass is 218 g/mol. The first-order valence-corrected chi connectivity index (χ1v) is 5.26. The Kier molecular flexibility index (Phi) is 4.20. The van der Waals surface area contributed by atoms with E-state index < -0.39 is 0 Å². The van der Waals surface area contributed by atoms with E-state index in [-0.39, 0.29) is 24.4 Å². The first-order chi connectivity index (χ1) is 6.27. The third kappa shape index (κ3) is 2.39. The lowest BCUT2D eigenvalue weighted by Gasteiger charge is -2.35. The summed E-state index contributed by atoms with van der Waals surface area (Å²) in [5.41, 5.74) is 0. The van der Waals surface area contributed by atoms with Crippen LogP contribution in [-0.4, -0.2) is 37.0 Å². The number of likely N-dealkylation sites (N-methyl/N-ethyl adjacent to an activating group) is 1. The number of rotatable bonds is 2. The molecular formula is C10H19ClN2O. The topological polar surface area (TPSA) is 32.3 Å². The van der Waals surface area contributed by atoms with Crippen LogP contribution in [0.3, 0.4) is 0 Å². The summed E-state index contributed by atoms with van der Waals surface area (Å²) in [6, 6.07) is 0.115. The van der Waals surface area contributed by atoms with Crippen LogP contribution >= 0.6 is 12.4 Å². The molecule has 0 bridgehead atoms. The highest BCUT2D eigenvalue weighted by Gasteiger charge is 2.30. The normalized spacial score (nSPS) is 28.2. The van der Waals surface area contributed by atoms with Crippen molar-refractivity contribution in [1.82, 2.24) is 10.2 Å². The predicted molar refractivity (Wildman–Crippen MR) is 58.6 cm³/mol. The second-order valence-corrected chi connectivity index (χ2v) is 4.30. The molecule has 82 valence electrons. The van der Waals surface area contributed by atoms with Crippen LogP contribution in [0.2, 0.25) is 0 Å². The molecule has 1 atom stereocenters. The van der Waals surface area contributed by atoms with Gasteiger partial charge in [-0.2, -0.15) is 0 Å². The highest BCUT2D eigenvalue weighted by Crippen LogP contribution is 2.30. The minimum atomic E-state index is 0. The summed E-state index contributed by atoms with van der Waals surface area (Å²) >= 11 is 0. The lowest BCUT2D eigenvalue weighted by Crippen LogP contribution is -2.54. The first-order valence-electron chi connectivity index (χ1n) is 5.26. The lowest BCUT2D eigenvalue weighted by molar-refractivity contribution is -0.134. The maximum absolute atomic E-state index is 11.7. The number of hydrogen-bond acceptors (Lipinski definition) is 2. The number of carbonyl (C=O) groups is 1. The molecule has 1 saturated heterocycles. The van der Waals surface area contributed by atoms with Gasteiger partial charge in [0, 0.05) is 20.1 Å². The quantitative estimate of drug-likeness (QED) is 0.751. The molecule has 1 amide bonds. The van der Waals surface area contributed by atoms with Crippen LogP contribution in [0.4, 0.5) is 0 Å². The average molecular weight is 219 g/mol. The molecule has 3 nitrogen and oxygen atoms in total. The van der Waals surface area contributed by atoms with Gasteiger partial charge in [0.1, 0.15) is 0 Å². The lowest BCUT2D eigenvalue weighted by atomic mass is 9.80. The van der Waals surface area contributed by atoms with Gasteiger partial charge in [0.25, 0.3) is 0 Å². The van der Waals surface area contributed by atoms with Crippen molar-refractivity contribution in [2.45, 2.75) is 31.7 Å². The Hall–Kier alpha value is -0.280. The molecular weight excluding hydrogens is 200 g/mol. The number of halogens is 1. The van der Waals surface area contributed by atoms with Crippen molar-refractivity contribution < 1.29 is 4.79 Å². The Balaban J connectivity index is 0.000000980. The summed E-state index contributed by atoms with van der Waals surface area (Å²) in [4.78, 5) is 13.5. The predicted octanol–water partition coefficient (Wildman–Crippen LogP) is 1.03. The fourth-order valence-electron chi connectivity index (χ4n) is 2.12. The SMILES string of the molecule is CN1CCNC(CC2CCC2)C1=O.Cl. The number of amides is 1. The number of hydrogen-bond donors (Lipinski definition) is 1. The molecule has 1 unspecified atom stereocenters. The molecule has 1 saturated carbocycles. The minimum absolute atomic E-state index is 0. The van der Waals surface area contributed by atoms with E-state index >= 15 is 0 Å². The van der Waals surface area contributed by atoms with E-state index in [1.54, 1.807) is 0 Å². The maximum atomic E-state index is 11.7. The van der Waals surface area contributed by atoms with Gasteiger partial charge in [0.05, 0.1) is 6.04 Å². The largest absolute Gasteiger partial charge is 0.343 e. The molecule has 2 fully saturated rings. The molecule has 1 heterocycles. The number of carbonyl (C=O) groups excluding carboxylic acids is 1. The van der Waals surface area contributed by atoms with Crippen molar-refractivity contribution in [2.75, 3.05) is 20.1 Å². The van der Waals surface area contributed by atoms with Gasteiger partial charge in [-0.15, -0.1) is 12.4 Å². The van der Waals surface area contributed by atoms with Crippen molar-refractivity contribution in [3.8, 4) is 0 Å². The van der Waals surface area contributed by atoms with Crippen LogP contribution < -0.4 is 5.32 Å². The van der Waals surface area contributed by atoms with Gasteiger partial charge in [-0.3, -0.25) is 4.79 Å². The van der Waals surface area contributed by atoms with Gasteiger partial charge in [-0.05, 0) is 12.3 Å². The zero-order chi connectivity index (χ0) is 9.26. The number of nitrogens with one attached hydrogen (secondary N) is 1. The van der Waals surface area contributed by atoms with Gasteiger partial charge in [-0.25, -0.2) is 0 Å². The Bertz CT molecular complexity index is 206. The molecule has 2 rings (SSSR count). The molecule has 1 N–H and O–H groups in total. The van der Waals surface area contributed by atoms with Crippen molar-refractivity contribution >= 4 is 18.3 Å². The van der Waals surface area contributed by atoms with Crippen LogP contribution in [0.5, 0.6) is 0 Å². The van der Waals surface area contributed by atoms with Gasteiger partial charge in [0.15, 0.2) is 0 Å². The molecule has 2 aliphatic rings. The Morgan fingerprint density at radius 3 is 2.79 bits per heavy atom. The van der Waals surface area contributed by atoms with Crippen LogP contribution in [0, 0.1) is 5.92 Å². The van der Waals surface area contributed by atoms with Crippen LogP contribution in [-0.2, 0) is 4.79 Å². The van der Waals surface area contributed by atoms with E-state index in [1.165, 1.54) is 19.3 Å². The molecule has 0 aromatic heterocycles. The van der Waals surface area contributed by atoms with E-state index in [4.69, 9.17) is 0 Å². The fraction of sp³-hybridized carbons (Fsp3) is 0.900. The van der Waals surface area contributed by atoms with Crippen LogP contribution in [0.15, 0.2) is 0 Å². The standard InChI is InChI=1S/C10H18N2O.ClH/c1-12-6-5-11-9(10(12)13)7-8-3-2-4-8;/h8-9,11H,2-7H2,1H3;1H. The first kappa shape index (κ1) is 11.8. The third-order valence-corrected chi connectivity index (χ3v) is 3.31. The van der Waals surface area contributed by atoms with E-state index in [0.29, 0.717) is 0 Å². The number of nitrogens with zero attached hydrogens (tertiary/aromatic N) is 1. The van der Waals surface area contributed by atoms with Crippen LogP contribution in [0.25, 0.3) is 0 Å². The van der Waals surface area contributed by atoms with E-state index in [2.05, 4.69) is 5.32 Å². The summed E-state index contributed by atoms with van der Waals surface area (Å²) in [5.74, 6) is 1.10. The minimum Gasteiger partial charge on any atom is -0.343 e. The van der Waals surface area contributed by atoms with Crippen molar-refractivity contribution in [3.63, 3.8) is 0 Å². The highest BCUT2D eigenvalue weighted by atomic mass is 35.5. The van der Waals surface area contributed by atoms with Crippen molar-refractivity contribution in [2.24, 2.45) is 5.92 Å². The summed E-state index contributed by atoms with van der Waals surface area (Å²) in [5, 5.41) is 3.31. The molecule has 1 aliphatic carbocycles. The summed E-state index contributed by atoms with van der Waals surface area (Å²) in [7, 11) is 1.90. The van der Waals surface area contributed by atoms with E-state index in [0.717, 1.165) is 25.4 Å². The zero-order valence-corrected chi connectivity index (χ0v) is 9.48. The third-order valence-electron chi connectivity index (χ3n) is 3.31. The van der Waals surface area contributed by atoms with Crippen molar-refractivity contribution in [3.05, 3.63) is 0 Å². The Morgan fingerprint density at radius 2 is 2.21 bits per heavy atom. The Labute approximate surface area is 91.6 Å². The second kappa shape index (κ2) is 4.99. The van der Waals surface area contributed by atoms with Gasteiger partial charge >= 0.3 is 0 Å². The Morgan fingerprint density at radius 1 is 1.50 bits per heavy atom.